The normalized spacial score (nSPS) is 10.9. The molecule has 0 radical (unpaired) electrons. The molecule has 1 heterocycles. The molecule has 0 atom stereocenters. The molecule has 0 saturated carbocycles. The number of aliphatic hydroxyl groups is 1. The summed E-state index contributed by atoms with van der Waals surface area (Å²) in [4.78, 5) is 12.7. The summed E-state index contributed by atoms with van der Waals surface area (Å²) in [5.74, 6) is 0.741. The third kappa shape index (κ3) is 2.98. The monoisotopic (exact) mass is 326 g/mol. The van der Waals surface area contributed by atoms with Crippen molar-refractivity contribution in [2.24, 2.45) is 0 Å². The first kappa shape index (κ1) is 16.1. The highest BCUT2D eigenvalue weighted by Gasteiger charge is 2.12. The number of fused-ring (bicyclic) bond motifs is 1. The fourth-order valence-electron chi connectivity index (χ4n) is 2.65. The first-order valence-corrected chi connectivity index (χ1v) is 7.66. The lowest BCUT2D eigenvalue weighted by atomic mass is 10.0. The van der Waals surface area contributed by atoms with Crippen molar-refractivity contribution in [1.29, 1.82) is 0 Å². The van der Waals surface area contributed by atoms with E-state index in [1.165, 1.54) is 12.3 Å². The second kappa shape index (κ2) is 6.76. The summed E-state index contributed by atoms with van der Waals surface area (Å²) < 4.78 is 10.7. The molecule has 124 valence electrons. The van der Waals surface area contributed by atoms with Gasteiger partial charge in [-0.15, -0.1) is 0 Å². The van der Waals surface area contributed by atoms with E-state index in [2.05, 4.69) is 0 Å². The van der Waals surface area contributed by atoms with E-state index in [1.54, 1.807) is 37.4 Å². The first-order chi connectivity index (χ1) is 11.6. The van der Waals surface area contributed by atoms with Gasteiger partial charge in [0.25, 0.3) is 0 Å². The van der Waals surface area contributed by atoms with Crippen molar-refractivity contribution >= 4 is 11.0 Å². The van der Waals surface area contributed by atoms with Crippen LogP contribution in [0.2, 0.25) is 0 Å². The number of aryl methyl sites for hydroxylation is 1. The zero-order chi connectivity index (χ0) is 17.1. The summed E-state index contributed by atoms with van der Waals surface area (Å²) in [5, 5.41) is 19.3. The van der Waals surface area contributed by atoms with Crippen molar-refractivity contribution in [3.63, 3.8) is 0 Å². The van der Waals surface area contributed by atoms with Crippen molar-refractivity contribution in [2.45, 2.75) is 12.8 Å². The largest absolute Gasteiger partial charge is 0.508 e. The lowest BCUT2D eigenvalue weighted by molar-refractivity contribution is 0.288. The molecule has 0 amide bonds. The van der Waals surface area contributed by atoms with Crippen LogP contribution in [0.1, 0.15) is 12.0 Å². The van der Waals surface area contributed by atoms with Crippen LogP contribution in [-0.2, 0) is 6.42 Å². The quantitative estimate of drug-likeness (QED) is 0.753. The van der Waals surface area contributed by atoms with E-state index in [4.69, 9.17) is 14.3 Å². The Morgan fingerprint density at radius 1 is 1.17 bits per heavy atom. The predicted octanol–water partition coefficient (Wildman–Crippen LogP) is 3.10. The number of methoxy groups -OCH3 is 1. The molecule has 3 rings (SSSR count). The van der Waals surface area contributed by atoms with E-state index in [-0.39, 0.29) is 17.8 Å². The Morgan fingerprint density at radius 2 is 1.92 bits per heavy atom. The number of aliphatic hydroxyl groups excluding tert-OH is 1. The van der Waals surface area contributed by atoms with Crippen molar-refractivity contribution in [3.8, 4) is 22.6 Å². The SMILES string of the molecule is COc1ccc(-c2coc3cc(CCCO)c(O)cc3c2=O)cc1. The lowest BCUT2D eigenvalue weighted by Gasteiger charge is -2.07. The maximum absolute atomic E-state index is 12.7. The number of hydrogen-bond donors (Lipinski definition) is 2. The van der Waals surface area contributed by atoms with Gasteiger partial charge in [0.2, 0.25) is 5.43 Å². The minimum Gasteiger partial charge on any atom is -0.508 e. The Labute approximate surface area is 138 Å². The van der Waals surface area contributed by atoms with E-state index in [1.807, 2.05) is 0 Å². The first-order valence-electron chi connectivity index (χ1n) is 7.66. The number of rotatable bonds is 5. The maximum atomic E-state index is 12.7. The summed E-state index contributed by atoms with van der Waals surface area (Å²) in [6.07, 6.45) is 2.48. The minimum absolute atomic E-state index is 0.0372. The topological polar surface area (TPSA) is 79.9 Å². The average Bonchev–Trinajstić information content (AvgIpc) is 2.61. The van der Waals surface area contributed by atoms with Crippen molar-refractivity contribution in [3.05, 3.63) is 58.4 Å². The van der Waals surface area contributed by atoms with Crippen molar-refractivity contribution in [2.75, 3.05) is 13.7 Å². The molecular formula is C19H18O5. The van der Waals surface area contributed by atoms with Crippen molar-refractivity contribution in [1.82, 2.24) is 0 Å². The molecule has 1 aromatic heterocycles. The van der Waals surface area contributed by atoms with Crippen LogP contribution in [0.4, 0.5) is 0 Å². The van der Waals surface area contributed by atoms with Crippen LogP contribution < -0.4 is 10.2 Å². The summed E-state index contributed by atoms with van der Waals surface area (Å²) in [6, 6.07) is 10.2. The molecule has 2 aromatic carbocycles. The molecule has 3 aromatic rings. The van der Waals surface area contributed by atoms with E-state index in [0.29, 0.717) is 40.7 Å². The van der Waals surface area contributed by atoms with Crippen LogP contribution in [0.25, 0.3) is 22.1 Å². The van der Waals surface area contributed by atoms with Gasteiger partial charge in [0, 0.05) is 6.61 Å². The van der Waals surface area contributed by atoms with E-state index in [0.717, 1.165) is 5.56 Å². The number of benzene rings is 2. The summed E-state index contributed by atoms with van der Waals surface area (Å²) in [6.45, 7) is 0.0395. The highest BCUT2D eigenvalue weighted by molar-refractivity contribution is 5.83. The van der Waals surface area contributed by atoms with Gasteiger partial charge in [-0.1, -0.05) is 12.1 Å². The van der Waals surface area contributed by atoms with Crippen molar-refractivity contribution < 1.29 is 19.4 Å². The van der Waals surface area contributed by atoms with Crippen LogP contribution in [-0.4, -0.2) is 23.9 Å². The van der Waals surface area contributed by atoms with Crippen LogP contribution in [0.5, 0.6) is 11.5 Å². The van der Waals surface area contributed by atoms with Crippen LogP contribution in [0, 0.1) is 0 Å². The Hall–Kier alpha value is -2.79. The molecule has 0 bridgehead atoms. The van der Waals surface area contributed by atoms with Gasteiger partial charge < -0.3 is 19.4 Å². The van der Waals surface area contributed by atoms with Gasteiger partial charge in [-0.2, -0.15) is 0 Å². The number of hydrogen-bond acceptors (Lipinski definition) is 5. The van der Waals surface area contributed by atoms with Crippen LogP contribution in [0.15, 0.2) is 51.9 Å². The molecule has 0 aliphatic heterocycles. The molecule has 0 saturated heterocycles. The second-order valence-electron chi connectivity index (χ2n) is 5.51. The molecule has 2 N–H and O–H groups in total. The molecule has 24 heavy (non-hydrogen) atoms. The number of aromatic hydroxyl groups is 1. The van der Waals surface area contributed by atoms with Crippen LogP contribution in [0.3, 0.4) is 0 Å². The number of ether oxygens (including phenoxy) is 1. The number of phenols is 1. The van der Waals surface area contributed by atoms with Gasteiger partial charge in [-0.25, -0.2) is 0 Å². The molecule has 0 aliphatic rings. The molecule has 0 aliphatic carbocycles. The third-order valence-corrected chi connectivity index (χ3v) is 3.98. The summed E-state index contributed by atoms with van der Waals surface area (Å²) >= 11 is 0. The lowest BCUT2D eigenvalue weighted by Crippen LogP contribution is -2.05. The Bertz CT molecular complexity index is 909. The minimum atomic E-state index is -0.203. The molecule has 5 heteroatoms. The Balaban J connectivity index is 2.08. The van der Waals surface area contributed by atoms with E-state index >= 15 is 0 Å². The van der Waals surface area contributed by atoms with Gasteiger partial charge in [-0.3, -0.25) is 4.79 Å². The predicted molar refractivity (Wildman–Crippen MR) is 91.5 cm³/mol. The summed E-state index contributed by atoms with van der Waals surface area (Å²) in [5.41, 5.74) is 2.01. The second-order valence-corrected chi connectivity index (χ2v) is 5.51. The fraction of sp³-hybridized carbons (Fsp3) is 0.211. The van der Waals surface area contributed by atoms with Gasteiger partial charge in [0.15, 0.2) is 0 Å². The zero-order valence-corrected chi connectivity index (χ0v) is 13.3. The van der Waals surface area contributed by atoms with Gasteiger partial charge in [0.1, 0.15) is 23.3 Å². The molecule has 0 unspecified atom stereocenters. The smallest absolute Gasteiger partial charge is 0.200 e. The maximum Gasteiger partial charge on any atom is 0.200 e. The Morgan fingerprint density at radius 3 is 2.58 bits per heavy atom. The standard InChI is InChI=1S/C19H18O5/c1-23-14-6-4-12(5-7-14)16-11-24-18-9-13(3-2-8-20)17(21)10-15(18)19(16)22/h4-7,9-11,20-21H,2-3,8H2,1H3. The zero-order valence-electron chi connectivity index (χ0n) is 13.3. The van der Waals surface area contributed by atoms with Crippen LogP contribution >= 0.6 is 0 Å². The molecular weight excluding hydrogens is 308 g/mol. The van der Waals surface area contributed by atoms with Gasteiger partial charge >= 0.3 is 0 Å². The van der Waals surface area contributed by atoms with Gasteiger partial charge in [0.05, 0.1) is 18.1 Å². The average molecular weight is 326 g/mol. The van der Waals surface area contributed by atoms with Gasteiger partial charge in [-0.05, 0) is 48.2 Å². The van der Waals surface area contributed by atoms with E-state index < -0.39 is 0 Å². The fourth-order valence-corrected chi connectivity index (χ4v) is 2.65. The Kier molecular flexibility index (Phi) is 4.53. The highest BCUT2D eigenvalue weighted by atomic mass is 16.5. The third-order valence-electron chi connectivity index (χ3n) is 3.98. The number of phenolic OH excluding ortho intramolecular Hbond substituents is 1. The van der Waals surface area contributed by atoms with E-state index in [9.17, 15) is 9.90 Å². The molecule has 0 fully saturated rings. The highest BCUT2D eigenvalue weighted by Crippen LogP contribution is 2.27. The molecule has 0 spiro atoms. The molecule has 5 nitrogen and oxygen atoms in total. The summed E-state index contributed by atoms with van der Waals surface area (Å²) in [7, 11) is 1.58.